The first kappa shape index (κ1) is 10.2. The molecule has 0 fully saturated rings. The van der Waals surface area contributed by atoms with Gasteiger partial charge in [-0.3, -0.25) is 0 Å². The third kappa shape index (κ3) is 2.37. The molecule has 0 saturated carbocycles. The molecule has 0 aliphatic carbocycles. The van der Waals surface area contributed by atoms with Crippen molar-refractivity contribution in [2.45, 2.75) is 13.0 Å². The van der Waals surface area contributed by atoms with E-state index in [1.165, 1.54) is 11.3 Å². The van der Waals surface area contributed by atoms with Crippen LogP contribution in [-0.2, 0) is 0 Å². The van der Waals surface area contributed by atoms with Gasteiger partial charge in [-0.1, -0.05) is 11.3 Å². The number of hydrogen-bond acceptors (Lipinski definition) is 5. The van der Waals surface area contributed by atoms with Crippen molar-refractivity contribution >= 4 is 26.7 Å². The van der Waals surface area contributed by atoms with Crippen molar-refractivity contribution in [2.75, 3.05) is 12.3 Å². The lowest BCUT2D eigenvalue weighted by atomic mass is 10.3. The quantitative estimate of drug-likeness (QED) is 0.831. The number of aromatic nitrogens is 1. The van der Waals surface area contributed by atoms with Gasteiger partial charge in [0.25, 0.3) is 0 Å². The number of nitrogen functional groups attached to an aromatic ring is 1. The third-order valence-electron chi connectivity index (χ3n) is 1.87. The van der Waals surface area contributed by atoms with Crippen LogP contribution in [0.15, 0.2) is 18.2 Å². The molecule has 0 spiro atoms. The summed E-state index contributed by atoms with van der Waals surface area (Å²) in [4.78, 5) is 4.14. The second-order valence-electron chi connectivity index (χ2n) is 3.34. The summed E-state index contributed by atoms with van der Waals surface area (Å²) in [5.41, 5.74) is 6.47. The summed E-state index contributed by atoms with van der Waals surface area (Å²) in [6, 6.07) is 5.56. The summed E-state index contributed by atoms with van der Waals surface area (Å²) in [6.07, 6.45) is -0.466. The summed E-state index contributed by atoms with van der Waals surface area (Å²) in [5, 5.41) is 9.63. The summed E-state index contributed by atoms with van der Waals surface area (Å²) >= 11 is 1.42. The topological polar surface area (TPSA) is 68.4 Å². The van der Waals surface area contributed by atoms with Gasteiger partial charge in [-0.2, -0.15) is 0 Å². The van der Waals surface area contributed by atoms with E-state index in [1.807, 2.05) is 18.2 Å². The highest BCUT2D eigenvalue weighted by atomic mass is 32.1. The van der Waals surface area contributed by atoms with E-state index in [-0.39, 0.29) is 0 Å². The maximum atomic E-state index is 9.08. The average molecular weight is 224 g/mol. The fraction of sp³-hybridized carbons (Fsp3) is 0.300. The zero-order valence-electron chi connectivity index (χ0n) is 8.30. The van der Waals surface area contributed by atoms with Gasteiger partial charge in [0.2, 0.25) is 0 Å². The minimum absolute atomic E-state index is 0.291. The molecule has 1 aromatic heterocycles. The molecule has 0 bridgehead atoms. The minimum Gasteiger partial charge on any atom is -0.491 e. The highest BCUT2D eigenvalue weighted by Crippen LogP contribution is 2.27. The summed E-state index contributed by atoms with van der Waals surface area (Å²) < 4.78 is 6.37. The number of aliphatic hydroxyl groups is 1. The number of aliphatic hydroxyl groups excluding tert-OH is 1. The fourth-order valence-electron chi connectivity index (χ4n) is 1.23. The van der Waals surface area contributed by atoms with Crippen molar-refractivity contribution in [3.8, 4) is 5.75 Å². The van der Waals surface area contributed by atoms with Gasteiger partial charge in [-0.25, -0.2) is 4.98 Å². The molecule has 0 unspecified atom stereocenters. The highest BCUT2D eigenvalue weighted by molar-refractivity contribution is 7.22. The first-order valence-electron chi connectivity index (χ1n) is 4.62. The van der Waals surface area contributed by atoms with E-state index >= 15 is 0 Å². The lowest BCUT2D eigenvalue weighted by molar-refractivity contribution is 0.123. The van der Waals surface area contributed by atoms with E-state index in [1.54, 1.807) is 6.92 Å². The molecule has 1 atom stereocenters. The van der Waals surface area contributed by atoms with E-state index in [9.17, 15) is 0 Å². The number of ether oxygens (including phenoxy) is 1. The first-order valence-corrected chi connectivity index (χ1v) is 5.44. The lowest BCUT2D eigenvalue weighted by Crippen LogP contribution is -2.12. The molecule has 5 heteroatoms. The van der Waals surface area contributed by atoms with Crippen LogP contribution in [0.25, 0.3) is 10.2 Å². The number of anilines is 1. The number of thiazole rings is 1. The van der Waals surface area contributed by atoms with Crippen molar-refractivity contribution in [1.82, 2.24) is 4.98 Å². The van der Waals surface area contributed by atoms with E-state index in [2.05, 4.69) is 4.98 Å². The Morgan fingerprint density at radius 1 is 1.60 bits per heavy atom. The standard InChI is InChI=1S/C10H12N2O2S/c1-6(13)5-14-7-2-3-8-9(4-7)15-10(11)12-8/h2-4,6,13H,5H2,1H3,(H2,11,12)/t6-/m1/s1. The number of benzene rings is 1. The first-order chi connectivity index (χ1) is 7.15. The molecule has 0 amide bonds. The van der Waals surface area contributed by atoms with Crippen molar-refractivity contribution in [2.24, 2.45) is 0 Å². The summed E-state index contributed by atoms with van der Waals surface area (Å²) in [5.74, 6) is 0.729. The maximum absolute atomic E-state index is 9.08. The van der Waals surface area contributed by atoms with Crippen molar-refractivity contribution in [3.63, 3.8) is 0 Å². The van der Waals surface area contributed by atoms with E-state index in [0.29, 0.717) is 11.7 Å². The monoisotopic (exact) mass is 224 g/mol. The predicted molar refractivity (Wildman–Crippen MR) is 61.2 cm³/mol. The number of rotatable bonds is 3. The van der Waals surface area contributed by atoms with Crippen LogP contribution in [0.5, 0.6) is 5.75 Å². The van der Waals surface area contributed by atoms with Crippen LogP contribution in [0.4, 0.5) is 5.13 Å². The van der Waals surface area contributed by atoms with Gasteiger partial charge in [-0.15, -0.1) is 0 Å². The van der Waals surface area contributed by atoms with Crippen molar-refractivity contribution in [3.05, 3.63) is 18.2 Å². The second-order valence-corrected chi connectivity index (χ2v) is 4.40. The lowest BCUT2D eigenvalue weighted by Gasteiger charge is -2.07. The number of fused-ring (bicyclic) bond motifs is 1. The van der Waals surface area contributed by atoms with Gasteiger partial charge < -0.3 is 15.6 Å². The Hall–Kier alpha value is -1.33. The number of hydrogen-bond donors (Lipinski definition) is 2. The largest absolute Gasteiger partial charge is 0.491 e. The van der Waals surface area contributed by atoms with Crippen LogP contribution >= 0.6 is 11.3 Å². The van der Waals surface area contributed by atoms with E-state index < -0.39 is 6.10 Å². The van der Waals surface area contributed by atoms with Crippen molar-refractivity contribution in [1.29, 1.82) is 0 Å². The molecule has 15 heavy (non-hydrogen) atoms. The fourth-order valence-corrected chi connectivity index (χ4v) is 1.99. The molecule has 0 aliphatic rings. The highest BCUT2D eigenvalue weighted by Gasteiger charge is 2.03. The Morgan fingerprint density at radius 3 is 3.13 bits per heavy atom. The molecule has 0 saturated heterocycles. The van der Waals surface area contributed by atoms with Gasteiger partial charge in [-0.05, 0) is 25.1 Å². The van der Waals surface area contributed by atoms with Crippen LogP contribution in [0, 0.1) is 0 Å². The third-order valence-corrected chi connectivity index (χ3v) is 2.71. The normalized spacial score (nSPS) is 12.9. The van der Waals surface area contributed by atoms with Crippen LogP contribution in [0.1, 0.15) is 6.92 Å². The Bertz CT molecular complexity index is 467. The Balaban J connectivity index is 2.22. The maximum Gasteiger partial charge on any atom is 0.181 e. The zero-order valence-corrected chi connectivity index (χ0v) is 9.12. The van der Waals surface area contributed by atoms with Crippen LogP contribution in [0.2, 0.25) is 0 Å². The Kier molecular flexibility index (Phi) is 2.75. The molecule has 2 aromatic rings. The van der Waals surface area contributed by atoms with Crippen LogP contribution < -0.4 is 10.5 Å². The van der Waals surface area contributed by atoms with Gasteiger partial charge in [0.15, 0.2) is 5.13 Å². The molecule has 0 aliphatic heterocycles. The molecule has 4 nitrogen and oxygen atoms in total. The number of nitrogens with zero attached hydrogens (tertiary/aromatic N) is 1. The average Bonchev–Trinajstić information content (AvgIpc) is 2.53. The van der Waals surface area contributed by atoms with Gasteiger partial charge in [0.1, 0.15) is 12.4 Å². The summed E-state index contributed by atoms with van der Waals surface area (Å²) in [7, 11) is 0. The Morgan fingerprint density at radius 2 is 2.40 bits per heavy atom. The van der Waals surface area contributed by atoms with Gasteiger partial charge >= 0.3 is 0 Å². The van der Waals surface area contributed by atoms with Crippen LogP contribution in [-0.4, -0.2) is 22.8 Å². The van der Waals surface area contributed by atoms with E-state index in [4.69, 9.17) is 15.6 Å². The molecular weight excluding hydrogens is 212 g/mol. The molecule has 1 aromatic carbocycles. The minimum atomic E-state index is -0.466. The van der Waals surface area contributed by atoms with Crippen LogP contribution in [0.3, 0.4) is 0 Å². The molecule has 3 N–H and O–H groups in total. The second kappa shape index (κ2) is 4.04. The molecule has 1 heterocycles. The smallest absolute Gasteiger partial charge is 0.181 e. The van der Waals surface area contributed by atoms with Gasteiger partial charge in [0, 0.05) is 0 Å². The van der Waals surface area contributed by atoms with Crippen molar-refractivity contribution < 1.29 is 9.84 Å². The van der Waals surface area contributed by atoms with E-state index in [0.717, 1.165) is 16.0 Å². The summed E-state index contributed by atoms with van der Waals surface area (Å²) in [6.45, 7) is 1.98. The molecule has 0 radical (unpaired) electrons. The molecular formula is C10H12N2O2S. The molecule has 2 rings (SSSR count). The number of nitrogens with two attached hydrogens (primary N) is 1. The predicted octanol–water partition coefficient (Wildman–Crippen LogP) is 1.64. The van der Waals surface area contributed by atoms with Gasteiger partial charge in [0.05, 0.1) is 16.3 Å². The zero-order chi connectivity index (χ0) is 10.8. The Labute approximate surface area is 91.3 Å². The SMILES string of the molecule is C[C@@H](O)COc1ccc2nc(N)sc2c1. The molecule has 80 valence electrons.